The molecule has 8 nitrogen and oxygen atoms in total. The highest BCUT2D eigenvalue weighted by atomic mass is 32.2. The summed E-state index contributed by atoms with van der Waals surface area (Å²) < 4.78 is 12.6. The third-order valence-corrected chi connectivity index (χ3v) is 10.3. The van der Waals surface area contributed by atoms with Crippen molar-refractivity contribution >= 4 is 62.0 Å². The van der Waals surface area contributed by atoms with Crippen LogP contribution in [0.25, 0.3) is 10.8 Å². The predicted octanol–water partition coefficient (Wildman–Crippen LogP) is 8.41. The van der Waals surface area contributed by atoms with Crippen molar-refractivity contribution in [1.82, 2.24) is 10.2 Å². The molecule has 1 unspecified atom stereocenters. The van der Waals surface area contributed by atoms with Crippen LogP contribution in [0.2, 0.25) is 0 Å². The summed E-state index contributed by atoms with van der Waals surface area (Å²) in [5, 5.41) is 24.3. The Balaban J connectivity index is 1.35. The number of thiophene rings is 1. The number of nitrogens with zero attached hydrogens (tertiary/aromatic N) is 3. The monoisotopic (exact) mass is 657 g/mol. The normalized spacial score (nSPS) is 14.8. The lowest BCUT2D eigenvalue weighted by molar-refractivity contribution is -0.117. The minimum Gasteiger partial charge on any atom is -0.503 e. The molecule has 1 aliphatic heterocycles. The molecular weight excluding hydrogens is 627 g/mol. The van der Waals surface area contributed by atoms with Crippen LogP contribution in [0.4, 0.5) is 5.13 Å². The fourth-order valence-corrected chi connectivity index (χ4v) is 7.76. The van der Waals surface area contributed by atoms with Crippen LogP contribution in [-0.2, 0) is 10.5 Å². The molecule has 0 bridgehead atoms. The summed E-state index contributed by atoms with van der Waals surface area (Å²) in [4.78, 5) is 29.3. The molecule has 5 aromatic rings. The molecule has 0 fully saturated rings. The van der Waals surface area contributed by atoms with Gasteiger partial charge in [-0.25, -0.2) is 0 Å². The number of unbranched alkanes of at least 4 members (excludes halogenated alkanes) is 1. The fourth-order valence-electron chi connectivity index (χ4n) is 5.22. The number of fused-ring (bicyclic) bond motifs is 1. The van der Waals surface area contributed by atoms with E-state index < -0.39 is 23.5 Å². The van der Waals surface area contributed by atoms with E-state index in [1.54, 1.807) is 35.7 Å². The summed E-state index contributed by atoms with van der Waals surface area (Å²) in [6.45, 7) is 4.91. The molecule has 11 heteroatoms. The Morgan fingerprint density at radius 3 is 2.64 bits per heavy atom. The van der Waals surface area contributed by atoms with E-state index in [9.17, 15) is 14.7 Å². The molecule has 0 spiro atoms. The number of carbonyl (C=O) groups is 2. The number of benzene rings is 3. The molecule has 45 heavy (non-hydrogen) atoms. The van der Waals surface area contributed by atoms with Crippen molar-refractivity contribution in [2.75, 3.05) is 18.1 Å². The number of rotatable bonds is 13. The number of ketones is 1. The second-order valence-electron chi connectivity index (χ2n) is 10.3. The van der Waals surface area contributed by atoms with Crippen LogP contribution >= 0.6 is 34.4 Å². The van der Waals surface area contributed by atoms with Gasteiger partial charge in [0.1, 0.15) is 0 Å². The Morgan fingerprint density at radius 2 is 1.84 bits per heavy atom. The van der Waals surface area contributed by atoms with Gasteiger partial charge in [-0.3, -0.25) is 14.5 Å². The van der Waals surface area contributed by atoms with Gasteiger partial charge in [0, 0.05) is 5.75 Å². The van der Waals surface area contributed by atoms with Crippen LogP contribution in [0.15, 0.2) is 93.8 Å². The Hall–Kier alpha value is -4.19. The van der Waals surface area contributed by atoms with Crippen molar-refractivity contribution < 1.29 is 24.2 Å². The number of hydrogen-bond acceptors (Lipinski definition) is 10. The number of Topliss-reactive ketones (excluding diaryl/α,β-unsaturated/α-hetero) is 1. The summed E-state index contributed by atoms with van der Waals surface area (Å²) in [6.07, 6.45) is 1.88. The van der Waals surface area contributed by atoms with E-state index >= 15 is 0 Å². The first kappa shape index (κ1) is 30.8. The fraction of sp³-hybridized carbons (Fsp3) is 0.235. The van der Waals surface area contributed by atoms with Gasteiger partial charge in [0.2, 0.25) is 10.9 Å². The molecule has 0 saturated heterocycles. The number of aliphatic hydroxyl groups excluding tert-OH is 1. The molecule has 3 aromatic carbocycles. The van der Waals surface area contributed by atoms with Crippen molar-refractivity contribution in [2.45, 2.75) is 42.8 Å². The highest BCUT2D eigenvalue weighted by molar-refractivity contribution is 8.00. The van der Waals surface area contributed by atoms with Crippen molar-refractivity contribution in [2.24, 2.45) is 0 Å². The van der Waals surface area contributed by atoms with Gasteiger partial charge in [-0.15, -0.1) is 21.5 Å². The molecule has 2 aromatic heterocycles. The Kier molecular flexibility index (Phi) is 9.48. The number of amides is 1. The largest absolute Gasteiger partial charge is 0.503 e. The van der Waals surface area contributed by atoms with Gasteiger partial charge in [-0.1, -0.05) is 91.0 Å². The Bertz CT molecular complexity index is 1860. The third-order valence-electron chi connectivity index (χ3n) is 7.37. The first-order chi connectivity index (χ1) is 22.0. The Morgan fingerprint density at radius 1 is 1.00 bits per heavy atom. The molecular formula is C34H31N3O5S3. The SMILES string of the molecule is CCCCOc1ccc(C2C(C(=O)c3cccs3)=C(O)C(=O)N2c2nnc(SCc3cccc4ccccc34)s2)cc1OCC. The second kappa shape index (κ2) is 13.8. The average Bonchev–Trinajstić information content (AvgIpc) is 3.82. The summed E-state index contributed by atoms with van der Waals surface area (Å²) >= 11 is 4.02. The van der Waals surface area contributed by atoms with E-state index in [0.717, 1.165) is 23.8 Å². The standard InChI is InChI=1S/C34H31N3O5S3/c1-3-5-17-42-25-16-15-22(19-26(25)41-4-2)29-28(30(38)27-14-9-18-43-27)31(39)32(40)37(29)33-35-36-34(45-33)44-20-23-12-8-11-21-10-6-7-13-24(21)23/h6-16,18-19,29,39H,3-5,17,20H2,1-2H3. The number of ether oxygens (including phenoxy) is 2. The average molecular weight is 658 g/mol. The van der Waals surface area contributed by atoms with E-state index in [1.807, 2.05) is 25.1 Å². The van der Waals surface area contributed by atoms with Crippen molar-refractivity contribution in [3.05, 3.63) is 106 Å². The number of anilines is 1. The number of aromatic nitrogens is 2. The lowest BCUT2D eigenvalue weighted by atomic mass is 9.95. The maximum Gasteiger partial charge on any atom is 0.296 e. The second-order valence-corrected chi connectivity index (χ2v) is 13.4. The molecule has 1 aliphatic rings. The quantitative estimate of drug-likeness (QED) is 0.0583. The maximum absolute atomic E-state index is 13.8. The van der Waals surface area contributed by atoms with Crippen LogP contribution in [0.3, 0.4) is 0 Å². The molecule has 1 atom stereocenters. The molecule has 1 amide bonds. The topological polar surface area (TPSA) is 102 Å². The van der Waals surface area contributed by atoms with Gasteiger partial charge in [-0.2, -0.15) is 0 Å². The van der Waals surface area contributed by atoms with E-state index in [0.29, 0.717) is 45.2 Å². The molecule has 230 valence electrons. The molecule has 0 radical (unpaired) electrons. The van der Waals surface area contributed by atoms with E-state index in [4.69, 9.17) is 9.47 Å². The van der Waals surface area contributed by atoms with E-state index in [2.05, 4.69) is 41.4 Å². The van der Waals surface area contributed by atoms with Crippen LogP contribution < -0.4 is 14.4 Å². The van der Waals surface area contributed by atoms with Gasteiger partial charge >= 0.3 is 0 Å². The molecule has 0 saturated carbocycles. The smallest absolute Gasteiger partial charge is 0.296 e. The van der Waals surface area contributed by atoms with Gasteiger partial charge in [0.05, 0.1) is 29.7 Å². The van der Waals surface area contributed by atoms with Gasteiger partial charge in [-0.05, 0) is 58.8 Å². The number of aliphatic hydroxyl groups is 1. The third kappa shape index (κ3) is 6.33. The minimum atomic E-state index is -0.945. The van der Waals surface area contributed by atoms with Crippen LogP contribution in [0.5, 0.6) is 11.5 Å². The highest BCUT2D eigenvalue weighted by Crippen LogP contribution is 2.46. The molecule has 1 N–H and O–H groups in total. The van der Waals surface area contributed by atoms with Crippen LogP contribution in [-0.4, -0.2) is 40.2 Å². The Labute approximate surface area is 273 Å². The van der Waals surface area contributed by atoms with Gasteiger partial charge in [0.15, 0.2) is 21.6 Å². The number of carbonyl (C=O) groups excluding carboxylic acids is 2. The van der Waals surface area contributed by atoms with Crippen LogP contribution in [0, 0.1) is 0 Å². The summed E-state index contributed by atoms with van der Waals surface area (Å²) in [5.41, 5.74) is 1.74. The lowest BCUT2D eigenvalue weighted by Gasteiger charge is -2.25. The number of thioether (sulfide) groups is 1. The van der Waals surface area contributed by atoms with Crippen molar-refractivity contribution in [3.8, 4) is 11.5 Å². The van der Waals surface area contributed by atoms with E-state index in [1.165, 1.54) is 44.7 Å². The van der Waals surface area contributed by atoms with Crippen LogP contribution in [0.1, 0.15) is 53.5 Å². The lowest BCUT2D eigenvalue weighted by Crippen LogP contribution is -2.31. The van der Waals surface area contributed by atoms with Gasteiger partial charge in [0.25, 0.3) is 5.91 Å². The molecule has 3 heterocycles. The zero-order valence-corrected chi connectivity index (χ0v) is 27.2. The zero-order chi connectivity index (χ0) is 31.3. The van der Waals surface area contributed by atoms with Crippen molar-refractivity contribution in [3.63, 3.8) is 0 Å². The summed E-state index contributed by atoms with van der Waals surface area (Å²) in [7, 11) is 0. The molecule has 6 rings (SSSR count). The summed E-state index contributed by atoms with van der Waals surface area (Å²) in [5.74, 6) is 0.0157. The molecule has 0 aliphatic carbocycles. The summed E-state index contributed by atoms with van der Waals surface area (Å²) in [6, 6.07) is 22.3. The number of hydrogen-bond donors (Lipinski definition) is 1. The van der Waals surface area contributed by atoms with Gasteiger partial charge < -0.3 is 14.6 Å². The van der Waals surface area contributed by atoms with E-state index in [-0.39, 0.29) is 10.7 Å². The zero-order valence-electron chi connectivity index (χ0n) is 24.8. The predicted molar refractivity (Wildman–Crippen MR) is 180 cm³/mol. The maximum atomic E-state index is 13.8. The first-order valence-electron chi connectivity index (χ1n) is 14.7. The highest BCUT2D eigenvalue weighted by Gasteiger charge is 2.46. The van der Waals surface area contributed by atoms with Crippen molar-refractivity contribution in [1.29, 1.82) is 0 Å². The minimum absolute atomic E-state index is 0.00953. The first-order valence-corrected chi connectivity index (χ1v) is 17.4.